The third-order valence-electron chi connectivity index (χ3n) is 3.75. The van der Waals surface area contributed by atoms with Gasteiger partial charge in [0.25, 0.3) is 5.91 Å². The van der Waals surface area contributed by atoms with Crippen LogP contribution in [0.4, 0.5) is 4.39 Å². The number of hydrogen-bond acceptors (Lipinski definition) is 6. The Morgan fingerprint density at radius 1 is 1.07 bits per heavy atom. The van der Waals surface area contributed by atoms with Crippen LogP contribution in [0.1, 0.15) is 32.7 Å². The Morgan fingerprint density at radius 3 is 2.34 bits per heavy atom. The number of carbonyl (C=O) groups is 4. The van der Waals surface area contributed by atoms with Gasteiger partial charge in [0.05, 0.1) is 29.3 Å². The van der Waals surface area contributed by atoms with Crippen LogP contribution in [-0.2, 0) is 15.3 Å². The van der Waals surface area contributed by atoms with Crippen LogP contribution >= 0.6 is 11.8 Å². The van der Waals surface area contributed by atoms with Gasteiger partial charge in [-0.2, -0.15) is 0 Å². The van der Waals surface area contributed by atoms with E-state index >= 15 is 0 Å². The van der Waals surface area contributed by atoms with Crippen molar-refractivity contribution in [1.82, 2.24) is 10.3 Å². The topological polar surface area (TPSA) is 134 Å². The Hall–Kier alpha value is -3.27. The van der Waals surface area contributed by atoms with Crippen LogP contribution in [0.2, 0.25) is 0 Å². The van der Waals surface area contributed by atoms with Crippen LogP contribution in [0.15, 0.2) is 42.7 Å². The van der Waals surface area contributed by atoms with Gasteiger partial charge in [-0.15, -0.1) is 11.8 Å². The summed E-state index contributed by atoms with van der Waals surface area (Å²) < 4.78 is 12.9. The van der Waals surface area contributed by atoms with Gasteiger partial charge in [-0.1, -0.05) is 12.1 Å². The Bertz CT molecular complexity index is 919. The first-order valence-electron chi connectivity index (χ1n) is 8.32. The summed E-state index contributed by atoms with van der Waals surface area (Å²) in [6, 6.07) is 5.54. The average Bonchev–Trinajstić information content (AvgIpc) is 2.68. The van der Waals surface area contributed by atoms with Gasteiger partial charge >= 0.3 is 11.9 Å². The van der Waals surface area contributed by atoms with Crippen molar-refractivity contribution in [2.45, 2.75) is 18.2 Å². The molecule has 10 heteroatoms. The van der Waals surface area contributed by atoms with Crippen LogP contribution < -0.4 is 5.32 Å². The predicted molar refractivity (Wildman–Crippen MR) is 102 cm³/mol. The lowest BCUT2D eigenvalue weighted by atomic mass is 10.1. The number of carbonyl (C=O) groups excluding carboxylic acids is 2. The minimum Gasteiger partial charge on any atom is -0.481 e. The first-order chi connectivity index (χ1) is 13.8. The molecular weight excluding hydrogens is 403 g/mol. The van der Waals surface area contributed by atoms with E-state index in [1.54, 1.807) is 12.1 Å². The highest BCUT2D eigenvalue weighted by Gasteiger charge is 2.24. The van der Waals surface area contributed by atoms with Crippen molar-refractivity contribution in [2.24, 2.45) is 0 Å². The van der Waals surface area contributed by atoms with E-state index in [0.717, 1.165) is 24.0 Å². The van der Waals surface area contributed by atoms with Crippen molar-refractivity contribution in [3.8, 4) is 0 Å². The second-order valence-electron chi connectivity index (χ2n) is 5.98. The molecule has 1 aromatic heterocycles. The van der Waals surface area contributed by atoms with Crippen LogP contribution in [0, 0.1) is 5.82 Å². The molecule has 0 saturated carbocycles. The molecule has 0 saturated heterocycles. The summed E-state index contributed by atoms with van der Waals surface area (Å²) in [5, 5.41) is 20.3. The number of Topliss-reactive ketones (excluding diaryl/α,β-unsaturated/α-hetero) is 1. The van der Waals surface area contributed by atoms with Crippen LogP contribution in [0.3, 0.4) is 0 Å². The molecule has 29 heavy (non-hydrogen) atoms. The molecule has 0 fully saturated rings. The molecule has 0 bridgehead atoms. The zero-order valence-electron chi connectivity index (χ0n) is 15.0. The second-order valence-corrected chi connectivity index (χ2v) is 6.96. The van der Waals surface area contributed by atoms with E-state index in [4.69, 9.17) is 10.2 Å². The number of nitrogens with one attached hydrogen (secondary N) is 1. The zero-order chi connectivity index (χ0) is 21.4. The molecule has 2 aromatic rings. The van der Waals surface area contributed by atoms with Crippen molar-refractivity contribution in [1.29, 1.82) is 0 Å². The normalized spacial score (nSPS) is 11.5. The van der Waals surface area contributed by atoms with Crippen molar-refractivity contribution in [3.05, 3.63) is 65.2 Å². The summed E-state index contributed by atoms with van der Waals surface area (Å²) in [6.07, 6.45) is 1.56. The van der Waals surface area contributed by atoms with E-state index in [1.165, 1.54) is 23.9 Å². The quantitative estimate of drug-likeness (QED) is 0.531. The van der Waals surface area contributed by atoms with Gasteiger partial charge in [0.2, 0.25) is 0 Å². The molecule has 0 spiro atoms. The second kappa shape index (κ2) is 10.3. The molecule has 0 aliphatic rings. The van der Waals surface area contributed by atoms with Crippen molar-refractivity contribution in [3.63, 3.8) is 0 Å². The van der Waals surface area contributed by atoms with E-state index in [9.17, 15) is 23.6 Å². The largest absolute Gasteiger partial charge is 0.481 e. The Morgan fingerprint density at radius 2 is 1.72 bits per heavy atom. The van der Waals surface area contributed by atoms with E-state index in [-0.39, 0.29) is 22.7 Å². The number of rotatable bonds is 10. The first-order valence-corrected chi connectivity index (χ1v) is 9.47. The maximum Gasteiger partial charge on any atom is 0.337 e. The minimum atomic E-state index is -1.28. The summed E-state index contributed by atoms with van der Waals surface area (Å²) in [7, 11) is 0. The van der Waals surface area contributed by atoms with Crippen molar-refractivity contribution >= 4 is 35.4 Å². The first kappa shape index (κ1) is 22.0. The summed E-state index contributed by atoms with van der Waals surface area (Å²) in [5.74, 6) is -3.89. The van der Waals surface area contributed by atoms with Crippen molar-refractivity contribution in [2.75, 3.05) is 5.75 Å². The summed E-state index contributed by atoms with van der Waals surface area (Å²) in [4.78, 5) is 50.4. The lowest BCUT2D eigenvalue weighted by Crippen LogP contribution is -2.43. The maximum absolute atomic E-state index is 12.9. The molecule has 0 radical (unpaired) electrons. The number of aromatic nitrogens is 1. The van der Waals surface area contributed by atoms with E-state index in [1.807, 2.05) is 0 Å². The van der Waals surface area contributed by atoms with Gasteiger partial charge in [-0.25, -0.2) is 9.18 Å². The molecule has 1 atom stereocenters. The number of carboxylic acid groups (broad SMARTS) is 2. The van der Waals surface area contributed by atoms with Crippen LogP contribution in [-0.4, -0.2) is 50.6 Å². The van der Waals surface area contributed by atoms with E-state index in [2.05, 4.69) is 10.3 Å². The molecule has 8 nitrogen and oxygen atoms in total. The molecule has 1 amide bonds. The number of aliphatic carboxylic acids is 1. The SMILES string of the molecule is O=C(O)C[C@H](NC(=O)c1cncc(C(=O)O)c1)C(=O)CSCc1ccc(F)cc1. The lowest BCUT2D eigenvalue weighted by molar-refractivity contribution is -0.139. The van der Waals surface area contributed by atoms with Gasteiger partial charge in [-0.05, 0) is 23.8 Å². The van der Waals surface area contributed by atoms with Gasteiger partial charge in [0.15, 0.2) is 5.78 Å². The number of halogens is 1. The number of thioether (sulfide) groups is 1. The predicted octanol–water partition coefficient (Wildman–Crippen LogP) is 1.99. The molecule has 1 aromatic carbocycles. The Kier molecular flexibility index (Phi) is 7.84. The van der Waals surface area contributed by atoms with E-state index < -0.39 is 36.1 Å². The van der Waals surface area contributed by atoms with Gasteiger partial charge in [0.1, 0.15) is 5.82 Å². The van der Waals surface area contributed by atoms with Crippen LogP contribution in [0.5, 0.6) is 0 Å². The van der Waals surface area contributed by atoms with Gasteiger partial charge < -0.3 is 15.5 Å². The summed E-state index contributed by atoms with van der Waals surface area (Å²) >= 11 is 1.20. The van der Waals surface area contributed by atoms with Crippen LogP contribution in [0.25, 0.3) is 0 Å². The molecule has 152 valence electrons. The number of pyridine rings is 1. The molecule has 2 rings (SSSR count). The minimum absolute atomic E-state index is 0.0664. The van der Waals surface area contributed by atoms with Crippen molar-refractivity contribution < 1.29 is 33.8 Å². The number of ketones is 1. The van der Waals surface area contributed by atoms with Gasteiger partial charge in [-0.3, -0.25) is 19.4 Å². The smallest absolute Gasteiger partial charge is 0.337 e. The Labute approximate surface area is 169 Å². The third-order valence-corrected chi connectivity index (χ3v) is 4.77. The molecule has 0 aliphatic carbocycles. The fourth-order valence-corrected chi connectivity index (χ4v) is 3.23. The highest BCUT2D eigenvalue weighted by molar-refractivity contribution is 7.99. The molecule has 3 N–H and O–H groups in total. The Balaban J connectivity index is 2.00. The number of hydrogen-bond donors (Lipinski definition) is 3. The highest BCUT2D eigenvalue weighted by atomic mass is 32.2. The fraction of sp³-hybridized carbons (Fsp3) is 0.211. The monoisotopic (exact) mass is 420 g/mol. The molecule has 1 heterocycles. The van der Waals surface area contributed by atoms with E-state index in [0.29, 0.717) is 5.75 Å². The molecular formula is C19H17FN2O6S. The number of aromatic carboxylic acids is 1. The number of benzene rings is 1. The maximum atomic E-state index is 12.9. The average molecular weight is 420 g/mol. The van der Waals surface area contributed by atoms with Gasteiger partial charge in [0, 0.05) is 18.1 Å². The highest BCUT2D eigenvalue weighted by Crippen LogP contribution is 2.14. The molecule has 0 unspecified atom stereocenters. The number of carboxylic acids is 2. The number of amides is 1. The zero-order valence-corrected chi connectivity index (χ0v) is 15.8. The molecule has 0 aliphatic heterocycles. The summed E-state index contributed by atoms with van der Waals surface area (Å²) in [5.41, 5.74) is 0.472. The number of nitrogens with zero attached hydrogens (tertiary/aromatic N) is 1. The standard InChI is InChI=1S/C19H17FN2O6S/c20-14-3-1-11(2-4-14)9-29-10-16(23)15(6-17(24)25)22-18(26)12-5-13(19(27)28)8-21-7-12/h1-5,7-8,15H,6,9-10H2,(H,22,26)(H,24,25)(H,27,28)/t15-/m0/s1. The fourth-order valence-electron chi connectivity index (χ4n) is 2.29. The lowest BCUT2D eigenvalue weighted by Gasteiger charge is -2.16. The summed E-state index contributed by atoms with van der Waals surface area (Å²) in [6.45, 7) is 0. The third kappa shape index (κ3) is 7.00.